The molecule has 4 N–H and O–H groups in total. The van der Waals surface area contributed by atoms with E-state index in [0.717, 1.165) is 22.2 Å². The molecule has 126 valence electrons. The molecule has 2 heterocycles. The number of nitrogens with zero attached hydrogens (tertiary/aromatic N) is 1. The van der Waals surface area contributed by atoms with Gasteiger partial charge in [0.25, 0.3) is 0 Å². The fraction of sp³-hybridized carbons (Fsp3) is 0.278. The van der Waals surface area contributed by atoms with Gasteiger partial charge in [0.15, 0.2) is 0 Å². The molecular weight excluding hydrogens is 309 g/mol. The molecule has 3 rings (SSSR count). The Kier molecular flexibility index (Phi) is 4.51. The standard InChI is InChI=1S/C18H20FN3O2/c1-18(20)7-6-13(10-21-18)17-4-2-12-8-15(3-5-16(12)22-17)24-11-14(23)9-19/h2-8,10,14,21,23H,9,11,20H2,1H3. The van der Waals surface area contributed by atoms with Gasteiger partial charge in [-0.3, -0.25) is 0 Å². The predicted octanol–water partition coefficient (Wildman–Crippen LogP) is 2.12. The molecule has 6 heteroatoms. The summed E-state index contributed by atoms with van der Waals surface area (Å²) in [5.74, 6) is 0.571. The third kappa shape index (κ3) is 3.72. The van der Waals surface area contributed by atoms with Gasteiger partial charge in [0.05, 0.1) is 11.2 Å². The molecule has 0 saturated heterocycles. The minimum Gasteiger partial charge on any atom is -0.491 e. The molecule has 1 aliphatic rings. The summed E-state index contributed by atoms with van der Waals surface area (Å²) in [4.78, 5) is 4.63. The van der Waals surface area contributed by atoms with Gasteiger partial charge in [-0.1, -0.05) is 12.1 Å². The van der Waals surface area contributed by atoms with Crippen LogP contribution in [0.25, 0.3) is 16.5 Å². The van der Waals surface area contributed by atoms with Crippen molar-refractivity contribution in [3.63, 3.8) is 0 Å². The lowest BCUT2D eigenvalue weighted by atomic mass is 10.0. The largest absolute Gasteiger partial charge is 0.491 e. The topological polar surface area (TPSA) is 80.4 Å². The van der Waals surface area contributed by atoms with Gasteiger partial charge in [-0.15, -0.1) is 0 Å². The highest BCUT2D eigenvalue weighted by atomic mass is 19.1. The molecule has 0 radical (unpaired) electrons. The lowest BCUT2D eigenvalue weighted by molar-refractivity contribution is 0.0842. The first-order valence-corrected chi connectivity index (χ1v) is 7.71. The molecule has 2 atom stereocenters. The fourth-order valence-corrected chi connectivity index (χ4v) is 2.34. The highest BCUT2D eigenvalue weighted by molar-refractivity contribution is 5.84. The van der Waals surface area contributed by atoms with E-state index in [-0.39, 0.29) is 6.61 Å². The van der Waals surface area contributed by atoms with E-state index in [1.807, 2.05) is 49.5 Å². The molecule has 1 aromatic carbocycles. The van der Waals surface area contributed by atoms with Gasteiger partial charge in [0.1, 0.15) is 30.8 Å². The van der Waals surface area contributed by atoms with E-state index in [4.69, 9.17) is 10.5 Å². The van der Waals surface area contributed by atoms with Crippen LogP contribution in [-0.4, -0.2) is 35.1 Å². The number of allylic oxidation sites excluding steroid dienone is 2. The smallest absolute Gasteiger partial charge is 0.120 e. The number of halogens is 1. The van der Waals surface area contributed by atoms with Crippen LogP contribution < -0.4 is 15.8 Å². The first-order chi connectivity index (χ1) is 11.5. The monoisotopic (exact) mass is 329 g/mol. The minimum atomic E-state index is -1.10. The van der Waals surface area contributed by atoms with Crippen LogP contribution >= 0.6 is 0 Å². The molecule has 2 aromatic rings. The summed E-state index contributed by atoms with van der Waals surface area (Å²) in [5.41, 5.74) is 8.03. The number of aromatic nitrogens is 1. The van der Waals surface area contributed by atoms with E-state index in [1.54, 1.807) is 6.07 Å². The third-order valence-corrected chi connectivity index (χ3v) is 3.72. The number of nitrogens with one attached hydrogen (secondary N) is 1. The summed E-state index contributed by atoms with van der Waals surface area (Å²) in [6.07, 6.45) is 4.58. The second-order valence-corrected chi connectivity index (χ2v) is 6.03. The molecule has 0 amide bonds. The highest BCUT2D eigenvalue weighted by Gasteiger charge is 2.16. The summed E-state index contributed by atoms with van der Waals surface area (Å²) in [5, 5.41) is 13.2. The number of fused-ring (bicyclic) bond motifs is 1. The number of alkyl halides is 1. The van der Waals surface area contributed by atoms with Crippen molar-refractivity contribution in [1.82, 2.24) is 10.3 Å². The molecule has 0 aliphatic carbocycles. The molecule has 24 heavy (non-hydrogen) atoms. The minimum absolute atomic E-state index is 0.0747. The van der Waals surface area contributed by atoms with Crippen molar-refractivity contribution in [2.75, 3.05) is 13.3 Å². The number of dihydropyridines is 1. The maximum absolute atomic E-state index is 12.2. The van der Waals surface area contributed by atoms with Crippen molar-refractivity contribution >= 4 is 16.5 Å². The van der Waals surface area contributed by atoms with Gasteiger partial charge in [0, 0.05) is 17.2 Å². The Hall–Kier alpha value is -2.44. The van der Waals surface area contributed by atoms with Gasteiger partial charge in [-0.2, -0.15) is 0 Å². The summed E-state index contributed by atoms with van der Waals surface area (Å²) in [6.45, 7) is 0.984. The summed E-state index contributed by atoms with van der Waals surface area (Å²) in [6, 6.07) is 9.27. The Morgan fingerprint density at radius 2 is 2.21 bits per heavy atom. The van der Waals surface area contributed by atoms with Gasteiger partial charge in [0.2, 0.25) is 0 Å². The van der Waals surface area contributed by atoms with Crippen molar-refractivity contribution < 1.29 is 14.2 Å². The van der Waals surface area contributed by atoms with Crippen LogP contribution in [0.3, 0.4) is 0 Å². The number of benzene rings is 1. The molecule has 1 aromatic heterocycles. The molecule has 2 unspecified atom stereocenters. The number of aliphatic hydroxyl groups is 1. The zero-order valence-electron chi connectivity index (χ0n) is 13.4. The van der Waals surface area contributed by atoms with Crippen molar-refractivity contribution in [2.24, 2.45) is 5.73 Å². The van der Waals surface area contributed by atoms with Gasteiger partial charge in [-0.25, -0.2) is 9.37 Å². The van der Waals surface area contributed by atoms with E-state index in [1.165, 1.54) is 0 Å². The van der Waals surface area contributed by atoms with Gasteiger partial charge in [-0.05, 0) is 37.3 Å². The summed E-state index contributed by atoms with van der Waals surface area (Å²) in [7, 11) is 0. The second-order valence-electron chi connectivity index (χ2n) is 6.03. The number of hydrogen-bond acceptors (Lipinski definition) is 5. The zero-order valence-corrected chi connectivity index (χ0v) is 13.4. The van der Waals surface area contributed by atoms with Gasteiger partial charge < -0.3 is 20.9 Å². The zero-order chi connectivity index (χ0) is 17.2. The second kappa shape index (κ2) is 6.59. The molecule has 0 spiro atoms. The van der Waals surface area contributed by atoms with E-state index in [2.05, 4.69) is 10.3 Å². The van der Waals surface area contributed by atoms with Crippen LogP contribution in [-0.2, 0) is 0 Å². The maximum Gasteiger partial charge on any atom is 0.120 e. The fourth-order valence-electron chi connectivity index (χ4n) is 2.34. The summed E-state index contributed by atoms with van der Waals surface area (Å²) < 4.78 is 17.6. The van der Waals surface area contributed by atoms with E-state index < -0.39 is 18.4 Å². The van der Waals surface area contributed by atoms with E-state index in [9.17, 15) is 9.50 Å². The maximum atomic E-state index is 12.2. The van der Waals surface area contributed by atoms with Crippen LogP contribution in [0.1, 0.15) is 12.6 Å². The normalized spacial score (nSPS) is 21.2. The Morgan fingerprint density at radius 3 is 2.92 bits per heavy atom. The number of aliphatic hydroxyl groups excluding tert-OH is 1. The summed E-state index contributed by atoms with van der Waals surface area (Å²) >= 11 is 0. The molecule has 0 bridgehead atoms. The van der Waals surface area contributed by atoms with Crippen molar-refractivity contribution in [3.8, 4) is 5.75 Å². The average Bonchev–Trinajstić information content (AvgIpc) is 2.59. The predicted molar refractivity (Wildman–Crippen MR) is 92.1 cm³/mol. The van der Waals surface area contributed by atoms with Crippen molar-refractivity contribution in [2.45, 2.75) is 18.7 Å². The molecular formula is C18H20FN3O2. The Bertz CT molecular complexity index is 802. The Morgan fingerprint density at radius 1 is 1.38 bits per heavy atom. The number of pyridine rings is 1. The van der Waals surface area contributed by atoms with E-state index in [0.29, 0.717) is 5.75 Å². The quantitative estimate of drug-likeness (QED) is 0.783. The van der Waals surface area contributed by atoms with Gasteiger partial charge >= 0.3 is 0 Å². The van der Waals surface area contributed by atoms with Crippen LogP contribution in [0, 0.1) is 0 Å². The molecule has 0 saturated carbocycles. The molecule has 5 nitrogen and oxygen atoms in total. The van der Waals surface area contributed by atoms with Crippen LogP contribution in [0.2, 0.25) is 0 Å². The Balaban J connectivity index is 1.80. The molecule has 0 fully saturated rings. The number of hydrogen-bond donors (Lipinski definition) is 3. The highest BCUT2D eigenvalue weighted by Crippen LogP contribution is 2.24. The number of rotatable bonds is 5. The SMILES string of the molecule is CC1(N)C=CC(c2ccc3cc(OCC(O)CF)ccc3n2)=CN1. The van der Waals surface area contributed by atoms with Crippen LogP contribution in [0.4, 0.5) is 4.39 Å². The molecule has 1 aliphatic heterocycles. The lowest BCUT2D eigenvalue weighted by Crippen LogP contribution is -2.47. The number of ether oxygens (including phenoxy) is 1. The number of nitrogens with two attached hydrogens (primary N) is 1. The average molecular weight is 329 g/mol. The van der Waals surface area contributed by atoms with E-state index >= 15 is 0 Å². The lowest BCUT2D eigenvalue weighted by Gasteiger charge is -2.25. The first-order valence-electron chi connectivity index (χ1n) is 7.71. The van der Waals surface area contributed by atoms with Crippen LogP contribution in [0.5, 0.6) is 5.75 Å². The van der Waals surface area contributed by atoms with Crippen LogP contribution in [0.15, 0.2) is 48.7 Å². The first kappa shape index (κ1) is 16.4. The van der Waals surface area contributed by atoms with Crippen molar-refractivity contribution in [1.29, 1.82) is 0 Å². The third-order valence-electron chi connectivity index (χ3n) is 3.72. The van der Waals surface area contributed by atoms with Crippen molar-refractivity contribution in [3.05, 3.63) is 54.4 Å². The Labute approximate surface area is 139 Å².